The lowest BCUT2D eigenvalue weighted by molar-refractivity contribution is -0.115. The molecule has 0 amide bonds. The van der Waals surface area contributed by atoms with Gasteiger partial charge >= 0.3 is 0 Å². The van der Waals surface area contributed by atoms with Gasteiger partial charge in [-0.2, -0.15) is 0 Å². The first-order valence-corrected chi connectivity index (χ1v) is 3.50. The average molecular weight is 140 g/mol. The zero-order valence-electron chi connectivity index (χ0n) is 6.39. The van der Waals surface area contributed by atoms with Crippen LogP contribution >= 0.6 is 0 Å². The third-order valence-corrected chi connectivity index (χ3v) is 1.65. The lowest BCUT2D eigenvalue weighted by Crippen LogP contribution is -1.96. The lowest BCUT2D eigenvalue weighted by atomic mass is 10.2. The second-order valence-corrected chi connectivity index (χ2v) is 2.64. The van der Waals surface area contributed by atoms with E-state index < -0.39 is 0 Å². The van der Waals surface area contributed by atoms with Gasteiger partial charge in [-0.25, -0.2) is 0 Å². The van der Waals surface area contributed by atoms with Crippen molar-refractivity contribution in [2.24, 2.45) is 5.92 Å². The molecule has 1 fully saturated rings. The van der Waals surface area contributed by atoms with E-state index in [2.05, 4.69) is 0 Å². The number of methoxy groups -OCH3 is 1. The van der Waals surface area contributed by atoms with Crippen molar-refractivity contribution in [2.75, 3.05) is 7.11 Å². The molecular weight excluding hydrogens is 128 g/mol. The highest BCUT2D eigenvalue weighted by atomic mass is 16.5. The molecule has 0 radical (unpaired) electrons. The van der Waals surface area contributed by atoms with E-state index in [1.165, 1.54) is 0 Å². The average Bonchev–Trinajstić information content (AvgIpc) is 2.68. The summed E-state index contributed by atoms with van der Waals surface area (Å²) in [6.07, 6.45) is 3.70. The molecule has 0 unspecified atom stereocenters. The van der Waals surface area contributed by atoms with E-state index in [0.29, 0.717) is 11.7 Å². The zero-order chi connectivity index (χ0) is 7.56. The molecule has 1 aliphatic carbocycles. The summed E-state index contributed by atoms with van der Waals surface area (Å²) in [5.74, 6) is 1.24. The van der Waals surface area contributed by atoms with Crippen molar-refractivity contribution >= 4 is 5.78 Å². The van der Waals surface area contributed by atoms with E-state index in [1.807, 2.05) is 0 Å². The molecule has 0 aromatic heterocycles. The van der Waals surface area contributed by atoms with Gasteiger partial charge in [0.05, 0.1) is 12.9 Å². The van der Waals surface area contributed by atoms with Gasteiger partial charge in [0, 0.05) is 12.0 Å². The minimum absolute atomic E-state index is 0.222. The van der Waals surface area contributed by atoms with E-state index in [9.17, 15) is 4.79 Å². The van der Waals surface area contributed by atoms with Crippen LogP contribution in [0.1, 0.15) is 19.8 Å². The predicted molar refractivity (Wildman–Crippen MR) is 38.5 cm³/mol. The number of ether oxygens (including phenoxy) is 1. The second kappa shape index (κ2) is 2.86. The summed E-state index contributed by atoms with van der Waals surface area (Å²) < 4.78 is 4.84. The highest BCUT2D eigenvalue weighted by Crippen LogP contribution is 2.30. The Balaban J connectivity index is 2.41. The molecule has 1 rings (SSSR count). The van der Waals surface area contributed by atoms with Gasteiger partial charge in [-0.15, -0.1) is 0 Å². The number of ketones is 1. The van der Waals surface area contributed by atoms with Crippen LogP contribution in [-0.2, 0) is 9.53 Å². The van der Waals surface area contributed by atoms with Gasteiger partial charge in [-0.3, -0.25) is 4.79 Å². The van der Waals surface area contributed by atoms with E-state index in [1.54, 1.807) is 20.1 Å². The molecule has 0 bridgehead atoms. The molecule has 0 heterocycles. The number of hydrogen-bond acceptors (Lipinski definition) is 2. The summed E-state index contributed by atoms with van der Waals surface area (Å²) in [7, 11) is 1.58. The number of hydrogen-bond donors (Lipinski definition) is 0. The Kier molecular flexibility index (Phi) is 2.10. The summed E-state index contributed by atoms with van der Waals surface area (Å²) in [5, 5.41) is 0. The van der Waals surface area contributed by atoms with E-state index in [-0.39, 0.29) is 5.78 Å². The number of carbonyl (C=O) groups is 1. The lowest BCUT2D eigenvalue weighted by Gasteiger charge is -1.95. The summed E-state index contributed by atoms with van der Waals surface area (Å²) in [6, 6.07) is 0. The molecule has 0 aromatic carbocycles. The first kappa shape index (κ1) is 7.32. The number of rotatable bonds is 3. The maximum atomic E-state index is 11.0. The minimum atomic E-state index is 0.222. The highest BCUT2D eigenvalue weighted by molar-refractivity contribution is 5.93. The molecule has 2 heteroatoms. The molecule has 56 valence electrons. The third kappa shape index (κ3) is 1.87. The van der Waals surface area contributed by atoms with Crippen molar-refractivity contribution in [1.82, 2.24) is 0 Å². The van der Waals surface area contributed by atoms with E-state index in [0.717, 1.165) is 12.8 Å². The summed E-state index contributed by atoms with van der Waals surface area (Å²) in [4.78, 5) is 11.0. The van der Waals surface area contributed by atoms with Crippen LogP contribution < -0.4 is 0 Å². The fourth-order valence-electron chi connectivity index (χ4n) is 0.745. The molecule has 1 saturated carbocycles. The monoisotopic (exact) mass is 140 g/mol. The Morgan fingerprint density at radius 1 is 1.60 bits per heavy atom. The molecule has 0 aliphatic heterocycles. The summed E-state index contributed by atoms with van der Waals surface area (Å²) in [6.45, 7) is 1.79. The highest BCUT2D eigenvalue weighted by Gasteiger charge is 2.27. The number of allylic oxidation sites excluding steroid dienone is 2. The van der Waals surface area contributed by atoms with Crippen LogP contribution in [0.2, 0.25) is 0 Å². The standard InChI is InChI=1S/C8H12O2/c1-6(10-2)5-8(9)7-3-4-7/h5,7H,3-4H2,1-2H3/b6-5+. The molecule has 0 N–H and O–H groups in total. The quantitative estimate of drug-likeness (QED) is 0.439. The summed E-state index contributed by atoms with van der Waals surface area (Å²) in [5.41, 5.74) is 0. The first-order chi connectivity index (χ1) is 4.74. The fourth-order valence-corrected chi connectivity index (χ4v) is 0.745. The van der Waals surface area contributed by atoms with Crippen molar-refractivity contribution in [3.8, 4) is 0 Å². The van der Waals surface area contributed by atoms with Crippen LogP contribution in [0.4, 0.5) is 0 Å². The zero-order valence-corrected chi connectivity index (χ0v) is 6.39. The molecule has 0 aromatic rings. The van der Waals surface area contributed by atoms with E-state index in [4.69, 9.17) is 4.74 Å². The van der Waals surface area contributed by atoms with Crippen LogP contribution in [0.15, 0.2) is 11.8 Å². The molecule has 1 aliphatic rings. The van der Waals surface area contributed by atoms with Crippen molar-refractivity contribution in [3.63, 3.8) is 0 Å². The predicted octanol–water partition coefficient (Wildman–Crippen LogP) is 1.52. The SMILES string of the molecule is CO/C(C)=C/C(=O)C1CC1. The molecule has 0 atom stereocenters. The second-order valence-electron chi connectivity index (χ2n) is 2.64. The van der Waals surface area contributed by atoms with Crippen molar-refractivity contribution < 1.29 is 9.53 Å². The number of carbonyl (C=O) groups excluding carboxylic acids is 1. The maximum Gasteiger partial charge on any atom is 0.162 e. The van der Waals surface area contributed by atoms with Crippen molar-refractivity contribution in [2.45, 2.75) is 19.8 Å². The van der Waals surface area contributed by atoms with Gasteiger partial charge in [0.1, 0.15) is 0 Å². The molecular formula is C8H12O2. The van der Waals surface area contributed by atoms with Gasteiger partial charge in [0.15, 0.2) is 5.78 Å². The van der Waals surface area contributed by atoms with E-state index >= 15 is 0 Å². The van der Waals surface area contributed by atoms with Crippen LogP contribution in [0, 0.1) is 5.92 Å². The Labute approximate surface area is 60.9 Å². The molecule has 2 nitrogen and oxygen atoms in total. The topological polar surface area (TPSA) is 26.3 Å². The Bertz CT molecular complexity index is 166. The molecule has 0 saturated heterocycles. The van der Waals surface area contributed by atoms with Gasteiger partial charge < -0.3 is 4.74 Å². The largest absolute Gasteiger partial charge is 0.501 e. The normalized spacial score (nSPS) is 18.8. The van der Waals surface area contributed by atoms with Gasteiger partial charge in [0.25, 0.3) is 0 Å². The van der Waals surface area contributed by atoms with Gasteiger partial charge in [-0.05, 0) is 19.8 Å². The fraction of sp³-hybridized carbons (Fsp3) is 0.625. The molecule has 0 spiro atoms. The maximum absolute atomic E-state index is 11.0. The molecule has 10 heavy (non-hydrogen) atoms. The third-order valence-electron chi connectivity index (χ3n) is 1.65. The van der Waals surface area contributed by atoms with Crippen LogP contribution in [0.3, 0.4) is 0 Å². The Morgan fingerprint density at radius 2 is 2.20 bits per heavy atom. The van der Waals surface area contributed by atoms with Crippen molar-refractivity contribution in [1.29, 1.82) is 0 Å². The smallest absolute Gasteiger partial charge is 0.162 e. The van der Waals surface area contributed by atoms with Gasteiger partial charge in [-0.1, -0.05) is 0 Å². The van der Waals surface area contributed by atoms with Crippen molar-refractivity contribution in [3.05, 3.63) is 11.8 Å². The van der Waals surface area contributed by atoms with Crippen LogP contribution in [0.25, 0.3) is 0 Å². The Morgan fingerprint density at radius 3 is 2.60 bits per heavy atom. The minimum Gasteiger partial charge on any atom is -0.501 e. The first-order valence-electron chi connectivity index (χ1n) is 3.50. The van der Waals surface area contributed by atoms with Crippen LogP contribution in [0.5, 0.6) is 0 Å². The van der Waals surface area contributed by atoms with Crippen LogP contribution in [-0.4, -0.2) is 12.9 Å². The Hall–Kier alpha value is -0.790. The van der Waals surface area contributed by atoms with Gasteiger partial charge in [0.2, 0.25) is 0 Å². The summed E-state index contributed by atoms with van der Waals surface area (Å²) >= 11 is 0.